The molecular formula is C18H22N6O. The summed E-state index contributed by atoms with van der Waals surface area (Å²) in [7, 11) is 1.90. The Hall–Kier alpha value is -2.41. The minimum atomic E-state index is -0.171. The SMILES string of the molecule is Cn1cc(-c2cn3nccc3c(O[C@@]3(C)C4C[C@H]4[C@H]3CCN)n2)cn1. The average molecular weight is 338 g/mol. The highest BCUT2D eigenvalue weighted by atomic mass is 16.5. The van der Waals surface area contributed by atoms with Crippen LogP contribution in [0.5, 0.6) is 5.88 Å². The van der Waals surface area contributed by atoms with E-state index in [-0.39, 0.29) is 5.60 Å². The molecule has 0 radical (unpaired) electrons. The molecule has 3 aromatic heterocycles. The van der Waals surface area contributed by atoms with Crippen molar-refractivity contribution in [1.82, 2.24) is 24.4 Å². The molecule has 7 nitrogen and oxygen atoms in total. The maximum absolute atomic E-state index is 6.54. The maximum Gasteiger partial charge on any atom is 0.241 e. The number of aryl methyl sites for hydroxylation is 1. The van der Waals surface area contributed by atoms with Gasteiger partial charge in [0.05, 0.1) is 24.3 Å². The van der Waals surface area contributed by atoms with Crippen LogP contribution < -0.4 is 10.5 Å². The van der Waals surface area contributed by atoms with Crippen LogP contribution in [-0.4, -0.2) is 36.5 Å². The van der Waals surface area contributed by atoms with Gasteiger partial charge in [-0.1, -0.05) is 0 Å². The first-order valence-electron chi connectivity index (χ1n) is 8.82. The van der Waals surface area contributed by atoms with E-state index in [0.29, 0.717) is 24.3 Å². The van der Waals surface area contributed by atoms with Crippen molar-refractivity contribution in [3.63, 3.8) is 0 Å². The summed E-state index contributed by atoms with van der Waals surface area (Å²) in [4.78, 5) is 4.80. The van der Waals surface area contributed by atoms with Gasteiger partial charge in [-0.3, -0.25) is 4.68 Å². The Morgan fingerprint density at radius 2 is 2.24 bits per heavy atom. The smallest absolute Gasteiger partial charge is 0.241 e. The minimum absolute atomic E-state index is 0.171. The van der Waals surface area contributed by atoms with Gasteiger partial charge in [0.15, 0.2) is 0 Å². The van der Waals surface area contributed by atoms with Crippen molar-refractivity contribution in [2.45, 2.75) is 25.4 Å². The van der Waals surface area contributed by atoms with Gasteiger partial charge in [0.1, 0.15) is 11.1 Å². The summed E-state index contributed by atoms with van der Waals surface area (Å²) in [6.07, 6.45) is 9.70. The van der Waals surface area contributed by atoms with Crippen LogP contribution >= 0.6 is 0 Å². The predicted molar refractivity (Wildman–Crippen MR) is 93.0 cm³/mol. The summed E-state index contributed by atoms with van der Waals surface area (Å²) in [5.41, 5.74) is 8.30. The van der Waals surface area contributed by atoms with Gasteiger partial charge in [0.2, 0.25) is 5.88 Å². The van der Waals surface area contributed by atoms with Crippen molar-refractivity contribution < 1.29 is 4.74 Å². The van der Waals surface area contributed by atoms with Gasteiger partial charge in [-0.05, 0) is 38.3 Å². The van der Waals surface area contributed by atoms with Crippen LogP contribution in [0, 0.1) is 17.8 Å². The fourth-order valence-corrected chi connectivity index (χ4v) is 4.61. The first-order valence-corrected chi connectivity index (χ1v) is 8.82. The lowest BCUT2D eigenvalue weighted by molar-refractivity contribution is -0.0719. The van der Waals surface area contributed by atoms with Crippen molar-refractivity contribution in [2.75, 3.05) is 6.54 Å². The number of rotatable bonds is 5. The van der Waals surface area contributed by atoms with Gasteiger partial charge >= 0.3 is 0 Å². The monoisotopic (exact) mass is 338 g/mol. The maximum atomic E-state index is 6.54. The van der Waals surface area contributed by atoms with E-state index in [1.54, 1.807) is 17.1 Å². The van der Waals surface area contributed by atoms with E-state index in [2.05, 4.69) is 17.1 Å². The standard InChI is InChI=1S/C18H22N6O/c1-18(13(3-5-19)12-7-14(12)18)25-17-16-4-6-20-24(16)10-15(22-17)11-8-21-23(2)9-11/h4,6,8-10,12-14H,3,5,7,19H2,1-2H3/t12-,13+,14?,18+/m0/s1. The van der Waals surface area contributed by atoms with E-state index in [4.69, 9.17) is 15.5 Å². The molecule has 2 N–H and O–H groups in total. The first-order chi connectivity index (χ1) is 12.1. The van der Waals surface area contributed by atoms with E-state index in [0.717, 1.165) is 29.1 Å². The number of nitrogens with two attached hydrogens (primary N) is 1. The summed E-state index contributed by atoms with van der Waals surface area (Å²) in [6, 6.07) is 1.94. The topological polar surface area (TPSA) is 83.3 Å². The molecule has 3 heterocycles. The molecule has 0 aliphatic heterocycles. The molecule has 0 saturated heterocycles. The van der Waals surface area contributed by atoms with Crippen molar-refractivity contribution >= 4 is 5.52 Å². The molecular weight excluding hydrogens is 316 g/mol. The second kappa shape index (κ2) is 5.05. The second-order valence-corrected chi connectivity index (χ2v) is 7.47. The normalized spacial score (nSPS) is 30.1. The Bertz CT molecular complexity index is 946. The van der Waals surface area contributed by atoms with Crippen LogP contribution in [0.25, 0.3) is 16.8 Å². The molecule has 130 valence electrons. The van der Waals surface area contributed by atoms with Crippen LogP contribution in [0.15, 0.2) is 30.9 Å². The molecule has 2 fully saturated rings. The zero-order valence-corrected chi connectivity index (χ0v) is 14.5. The fourth-order valence-electron chi connectivity index (χ4n) is 4.61. The number of ether oxygens (including phenoxy) is 1. The second-order valence-electron chi connectivity index (χ2n) is 7.47. The Morgan fingerprint density at radius 1 is 1.36 bits per heavy atom. The third-order valence-electron chi connectivity index (χ3n) is 5.98. The molecule has 2 aliphatic carbocycles. The number of fused-ring (bicyclic) bond motifs is 2. The quantitative estimate of drug-likeness (QED) is 0.768. The number of hydrogen-bond donors (Lipinski definition) is 1. The van der Waals surface area contributed by atoms with Crippen LogP contribution in [-0.2, 0) is 7.05 Å². The van der Waals surface area contributed by atoms with E-state index in [1.165, 1.54) is 6.42 Å². The Kier molecular flexibility index (Phi) is 3.01. The van der Waals surface area contributed by atoms with Crippen molar-refractivity contribution in [1.29, 1.82) is 0 Å². The number of hydrogen-bond acceptors (Lipinski definition) is 5. The molecule has 1 unspecified atom stereocenters. The highest BCUT2D eigenvalue weighted by Gasteiger charge is 2.70. The number of nitrogens with zero attached hydrogens (tertiary/aromatic N) is 5. The molecule has 7 heteroatoms. The Balaban J connectivity index is 1.55. The third kappa shape index (κ3) is 2.12. The van der Waals surface area contributed by atoms with Gasteiger partial charge in [-0.2, -0.15) is 10.2 Å². The molecule has 0 bridgehead atoms. The van der Waals surface area contributed by atoms with E-state index in [9.17, 15) is 0 Å². The lowest BCUT2D eigenvalue weighted by Crippen LogP contribution is -2.53. The molecule has 25 heavy (non-hydrogen) atoms. The lowest BCUT2D eigenvalue weighted by Gasteiger charge is -2.46. The van der Waals surface area contributed by atoms with E-state index in [1.807, 2.05) is 30.0 Å². The number of aromatic nitrogens is 5. The third-order valence-corrected chi connectivity index (χ3v) is 5.98. The first kappa shape index (κ1) is 14.9. The lowest BCUT2D eigenvalue weighted by atomic mass is 9.69. The molecule has 2 saturated carbocycles. The summed E-state index contributed by atoms with van der Waals surface area (Å²) in [6.45, 7) is 2.92. The Labute approximate surface area is 145 Å². The highest BCUT2D eigenvalue weighted by Crippen LogP contribution is 2.68. The minimum Gasteiger partial charge on any atom is -0.469 e. The fraction of sp³-hybridized carbons (Fsp3) is 0.500. The molecule has 3 aromatic rings. The summed E-state index contributed by atoms with van der Waals surface area (Å²) >= 11 is 0. The van der Waals surface area contributed by atoms with Gasteiger partial charge in [-0.25, -0.2) is 9.50 Å². The van der Waals surface area contributed by atoms with E-state index >= 15 is 0 Å². The van der Waals surface area contributed by atoms with Gasteiger partial charge in [0.25, 0.3) is 0 Å². The molecule has 4 atom stereocenters. The van der Waals surface area contributed by atoms with Crippen LogP contribution in [0.4, 0.5) is 0 Å². The largest absolute Gasteiger partial charge is 0.469 e. The van der Waals surface area contributed by atoms with Gasteiger partial charge < -0.3 is 10.5 Å². The zero-order valence-electron chi connectivity index (χ0n) is 14.5. The summed E-state index contributed by atoms with van der Waals surface area (Å²) in [5.74, 6) is 2.59. The predicted octanol–water partition coefficient (Wildman–Crippen LogP) is 1.88. The zero-order chi connectivity index (χ0) is 17.2. The van der Waals surface area contributed by atoms with Crippen LogP contribution in [0.1, 0.15) is 19.8 Å². The van der Waals surface area contributed by atoms with Gasteiger partial charge in [-0.15, -0.1) is 0 Å². The molecule has 0 spiro atoms. The van der Waals surface area contributed by atoms with E-state index < -0.39 is 0 Å². The molecule has 0 amide bonds. The molecule has 5 rings (SSSR count). The molecule has 2 aliphatic rings. The van der Waals surface area contributed by atoms with Crippen molar-refractivity contribution in [2.24, 2.45) is 30.5 Å². The average Bonchev–Trinajstić information content (AvgIpc) is 2.93. The van der Waals surface area contributed by atoms with Crippen molar-refractivity contribution in [3.8, 4) is 17.1 Å². The van der Waals surface area contributed by atoms with Gasteiger partial charge in [0, 0.05) is 30.6 Å². The highest BCUT2D eigenvalue weighted by molar-refractivity contribution is 5.64. The summed E-state index contributed by atoms with van der Waals surface area (Å²) < 4.78 is 10.1. The Morgan fingerprint density at radius 3 is 3.00 bits per heavy atom. The van der Waals surface area contributed by atoms with Crippen LogP contribution in [0.3, 0.4) is 0 Å². The van der Waals surface area contributed by atoms with Crippen molar-refractivity contribution in [3.05, 3.63) is 30.9 Å². The molecule has 0 aromatic carbocycles. The summed E-state index contributed by atoms with van der Waals surface area (Å²) in [5, 5.41) is 8.62. The van der Waals surface area contributed by atoms with Crippen LogP contribution in [0.2, 0.25) is 0 Å².